The van der Waals surface area contributed by atoms with E-state index in [4.69, 9.17) is 15.5 Å². The van der Waals surface area contributed by atoms with Crippen LogP contribution >= 0.6 is 0 Å². The molecule has 36 heavy (non-hydrogen) atoms. The number of nitrogen functional groups attached to an aromatic ring is 1. The number of nitrogens with zero attached hydrogens (tertiary/aromatic N) is 4. The number of aromatic nitrogens is 3. The van der Waals surface area contributed by atoms with Gasteiger partial charge in [-0.05, 0) is 73.7 Å². The molecule has 0 saturated carbocycles. The van der Waals surface area contributed by atoms with Crippen LogP contribution in [0.1, 0.15) is 30.5 Å². The van der Waals surface area contributed by atoms with Crippen LogP contribution in [0, 0.1) is 6.92 Å². The smallest absolute Gasteiger partial charge is 0.237 e. The van der Waals surface area contributed by atoms with Gasteiger partial charge in [0.05, 0.1) is 5.52 Å². The largest absolute Gasteiger partial charge is 0.474 e. The summed E-state index contributed by atoms with van der Waals surface area (Å²) in [6.07, 6.45) is 4.71. The highest BCUT2D eigenvalue weighted by atomic mass is 16.5. The summed E-state index contributed by atoms with van der Waals surface area (Å²) in [6, 6.07) is 11.1. The van der Waals surface area contributed by atoms with Gasteiger partial charge in [0.25, 0.3) is 0 Å². The molecule has 184 valence electrons. The average molecular weight is 482 g/mol. The SMILES string of the molecule is Cc1c(-c2cc(N)c3cnc(Nc4ccc5c(c4)CN(C(C)C)CC5)nc3c2)cnc2c1NCCO2. The summed E-state index contributed by atoms with van der Waals surface area (Å²) in [6.45, 7) is 10.0. The second kappa shape index (κ2) is 8.95. The van der Waals surface area contributed by atoms with E-state index in [2.05, 4.69) is 64.5 Å². The van der Waals surface area contributed by atoms with Crippen LogP contribution in [0.15, 0.2) is 42.7 Å². The third kappa shape index (κ3) is 4.07. The molecule has 8 nitrogen and oxygen atoms in total. The lowest BCUT2D eigenvalue weighted by Crippen LogP contribution is -2.35. The number of hydrogen-bond acceptors (Lipinski definition) is 8. The number of anilines is 4. The first-order valence-corrected chi connectivity index (χ1v) is 12.5. The minimum atomic E-state index is 0.538. The van der Waals surface area contributed by atoms with E-state index in [-0.39, 0.29) is 0 Å². The fourth-order valence-electron chi connectivity index (χ4n) is 5.12. The van der Waals surface area contributed by atoms with Gasteiger partial charge in [0.15, 0.2) is 0 Å². The van der Waals surface area contributed by atoms with Gasteiger partial charge in [-0.25, -0.2) is 15.0 Å². The van der Waals surface area contributed by atoms with Gasteiger partial charge in [0, 0.05) is 60.4 Å². The van der Waals surface area contributed by atoms with Crippen LogP contribution in [-0.2, 0) is 13.0 Å². The fraction of sp³-hybridized carbons (Fsp3) is 0.321. The summed E-state index contributed by atoms with van der Waals surface area (Å²) in [7, 11) is 0. The molecule has 0 radical (unpaired) electrons. The molecule has 6 rings (SSSR count). The van der Waals surface area contributed by atoms with Crippen LogP contribution < -0.4 is 21.1 Å². The highest BCUT2D eigenvalue weighted by molar-refractivity contribution is 5.95. The quantitative estimate of drug-likeness (QED) is 0.354. The van der Waals surface area contributed by atoms with E-state index in [0.717, 1.165) is 65.0 Å². The van der Waals surface area contributed by atoms with Crippen molar-refractivity contribution in [3.05, 3.63) is 59.4 Å². The fourth-order valence-corrected chi connectivity index (χ4v) is 5.12. The van der Waals surface area contributed by atoms with Crippen molar-refractivity contribution in [2.45, 2.75) is 39.8 Å². The number of pyridine rings is 1. The van der Waals surface area contributed by atoms with Crippen molar-refractivity contribution in [3.8, 4) is 17.0 Å². The molecule has 0 spiro atoms. The molecule has 2 aliphatic heterocycles. The van der Waals surface area contributed by atoms with Gasteiger partial charge in [-0.15, -0.1) is 0 Å². The third-order valence-corrected chi connectivity index (χ3v) is 7.22. The van der Waals surface area contributed by atoms with Crippen molar-refractivity contribution in [3.63, 3.8) is 0 Å². The molecule has 8 heteroatoms. The van der Waals surface area contributed by atoms with Gasteiger partial charge in [-0.1, -0.05) is 6.07 Å². The van der Waals surface area contributed by atoms with Crippen LogP contribution in [0.2, 0.25) is 0 Å². The van der Waals surface area contributed by atoms with Gasteiger partial charge >= 0.3 is 0 Å². The zero-order chi connectivity index (χ0) is 24.8. The maximum atomic E-state index is 6.43. The van der Waals surface area contributed by atoms with Crippen LogP contribution in [0.25, 0.3) is 22.0 Å². The van der Waals surface area contributed by atoms with Crippen molar-refractivity contribution >= 4 is 33.9 Å². The average Bonchev–Trinajstić information content (AvgIpc) is 2.88. The summed E-state index contributed by atoms with van der Waals surface area (Å²) in [5, 5.41) is 7.63. The third-order valence-electron chi connectivity index (χ3n) is 7.22. The zero-order valence-electron chi connectivity index (χ0n) is 20.9. The van der Waals surface area contributed by atoms with E-state index in [1.807, 2.05) is 18.3 Å². The van der Waals surface area contributed by atoms with Gasteiger partial charge in [0.2, 0.25) is 11.8 Å². The maximum Gasteiger partial charge on any atom is 0.237 e. The summed E-state index contributed by atoms with van der Waals surface area (Å²) in [4.78, 5) is 16.4. The molecule has 2 aromatic heterocycles. The second-order valence-corrected chi connectivity index (χ2v) is 9.87. The highest BCUT2D eigenvalue weighted by Gasteiger charge is 2.20. The first-order chi connectivity index (χ1) is 17.5. The molecule has 0 amide bonds. The molecular formula is C28H31N7O. The Hall–Kier alpha value is -3.91. The normalized spacial score (nSPS) is 15.2. The summed E-state index contributed by atoms with van der Waals surface area (Å²) >= 11 is 0. The topological polar surface area (TPSA) is 101 Å². The number of fused-ring (bicyclic) bond motifs is 3. The van der Waals surface area contributed by atoms with Crippen LogP contribution in [0.4, 0.5) is 23.0 Å². The molecule has 0 atom stereocenters. The second-order valence-electron chi connectivity index (χ2n) is 9.87. The Bertz CT molecular complexity index is 1470. The lowest BCUT2D eigenvalue weighted by Gasteiger charge is -2.32. The molecule has 4 N–H and O–H groups in total. The first-order valence-electron chi connectivity index (χ1n) is 12.5. The zero-order valence-corrected chi connectivity index (χ0v) is 20.9. The Balaban J connectivity index is 1.32. The molecule has 4 heterocycles. The molecule has 0 unspecified atom stereocenters. The van der Waals surface area contributed by atoms with E-state index in [1.165, 1.54) is 11.1 Å². The van der Waals surface area contributed by atoms with Gasteiger partial charge < -0.3 is 21.1 Å². The van der Waals surface area contributed by atoms with Gasteiger partial charge in [-0.3, -0.25) is 4.90 Å². The van der Waals surface area contributed by atoms with Gasteiger partial charge in [-0.2, -0.15) is 0 Å². The maximum absolute atomic E-state index is 6.43. The number of hydrogen-bond donors (Lipinski definition) is 3. The molecule has 2 aromatic carbocycles. The number of nitrogens with two attached hydrogens (primary N) is 1. The number of rotatable bonds is 4. The van der Waals surface area contributed by atoms with E-state index >= 15 is 0 Å². The first kappa shape index (κ1) is 22.5. The van der Waals surface area contributed by atoms with E-state index in [1.54, 1.807) is 6.20 Å². The minimum Gasteiger partial charge on any atom is -0.474 e. The lowest BCUT2D eigenvalue weighted by atomic mass is 9.98. The predicted octanol–water partition coefficient (Wildman–Crippen LogP) is 4.90. The number of benzene rings is 2. The minimum absolute atomic E-state index is 0.538. The molecule has 0 aliphatic carbocycles. The van der Waals surface area contributed by atoms with E-state index in [0.29, 0.717) is 30.2 Å². The van der Waals surface area contributed by atoms with Crippen LogP contribution in [0.3, 0.4) is 0 Å². The molecular weight excluding hydrogens is 450 g/mol. The van der Waals surface area contributed by atoms with Crippen molar-refractivity contribution in [1.29, 1.82) is 0 Å². The Morgan fingerprint density at radius 2 is 2.00 bits per heavy atom. The molecule has 0 bridgehead atoms. The predicted molar refractivity (Wildman–Crippen MR) is 145 cm³/mol. The Morgan fingerprint density at radius 1 is 1.11 bits per heavy atom. The number of nitrogens with one attached hydrogen (secondary N) is 2. The lowest BCUT2D eigenvalue weighted by molar-refractivity contribution is 0.203. The van der Waals surface area contributed by atoms with Crippen molar-refractivity contribution < 1.29 is 4.74 Å². The standard InChI is InChI=1S/C28H31N7O/c1-16(2)35-8-6-18-4-5-21(10-20(18)15-35)33-28-32-14-23-24(29)11-19(12-25(23)34-28)22-13-31-27-26(17(22)3)30-7-9-36-27/h4-5,10-14,16,30H,6-9,15,29H2,1-3H3,(H,32,33,34). The Labute approximate surface area is 210 Å². The van der Waals surface area contributed by atoms with Crippen LogP contribution in [0.5, 0.6) is 5.88 Å². The molecule has 0 fully saturated rings. The summed E-state index contributed by atoms with van der Waals surface area (Å²) in [5.41, 5.74) is 15.6. The van der Waals surface area contributed by atoms with Crippen molar-refractivity contribution in [2.75, 3.05) is 36.1 Å². The Kier molecular flexibility index (Phi) is 5.60. The monoisotopic (exact) mass is 481 g/mol. The van der Waals surface area contributed by atoms with Crippen molar-refractivity contribution in [2.24, 2.45) is 0 Å². The molecule has 0 saturated heterocycles. The highest BCUT2D eigenvalue weighted by Crippen LogP contribution is 2.37. The van der Waals surface area contributed by atoms with Crippen LogP contribution in [-0.4, -0.2) is 45.6 Å². The summed E-state index contributed by atoms with van der Waals surface area (Å²) in [5.74, 6) is 1.19. The van der Waals surface area contributed by atoms with E-state index < -0.39 is 0 Å². The van der Waals surface area contributed by atoms with Gasteiger partial charge in [0.1, 0.15) is 12.3 Å². The Morgan fingerprint density at radius 3 is 2.86 bits per heavy atom. The number of ether oxygens (including phenoxy) is 1. The summed E-state index contributed by atoms with van der Waals surface area (Å²) < 4.78 is 5.68. The van der Waals surface area contributed by atoms with Crippen molar-refractivity contribution in [1.82, 2.24) is 19.9 Å². The van der Waals surface area contributed by atoms with E-state index in [9.17, 15) is 0 Å². The molecule has 4 aromatic rings. The molecule has 2 aliphatic rings.